The minimum atomic E-state index is -0.100. The van der Waals surface area contributed by atoms with E-state index >= 15 is 0 Å². The summed E-state index contributed by atoms with van der Waals surface area (Å²) in [5.74, 6) is -0.0248. The minimum absolute atomic E-state index is 0.0608. The largest absolute Gasteiger partial charge is 0.325 e. The molecule has 1 aliphatic heterocycles. The molecule has 22 heavy (non-hydrogen) atoms. The fourth-order valence-electron chi connectivity index (χ4n) is 3.21. The average Bonchev–Trinajstić information content (AvgIpc) is 2.79. The number of hydrogen-bond acceptors (Lipinski definition) is 2. The van der Waals surface area contributed by atoms with Crippen molar-refractivity contribution in [2.75, 3.05) is 5.32 Å². The molecule has 3 N–H and O–H groups in total. The number of benzene rings is 2. The lowest BCUT2D eigenvalue weighted by atomic mass is 9.88. The van der Waals surface area contributed by atoms with E-state index in [-0.39, 0.29) is 17.9 Å². The number of carbonyl (C=O) groups is 1. The Morgan fingerprint density at radius 1 is 1.18 bits per heavy atom. The topological polar surface area (TPSA) is 55.1 Å². The van der Waals surface area contributed by atoms with Gasteiger partial charge in [-0.2, -0.15) is 0 Å². The Balaban J connectivity index is 1.98. The third-order valence-corrected chi connectivity index (χ3v) is 4.78. The van der Waals surface area contributed by atoms with Gasteiger partial charge in [-0.25, -0.2) is 0 Å². The van der Waals surface area contributed by atoms with E-state index in [1.54, 1.807) is 0 Å². The number of carbonyl (C=O) groups excluding carboxylic acids is 1. The summed E-state index contributed by atoms with van der Waals surface area (Å²) in [6.45, 7) is 6.10. The second-order valence-electron chi connectivity index (χ2n) is 6.19. The second kappa shape index (κ2) is 5.58. The molecule has 0 saturated carbocycles. The Labute approximate surface area is 131 Å². The van der Waals surface area contributed by atoms with Crippen LogP contribution in [0.2, 0.25) is 0 Å². The SMILES string of the molecule is Cc1c(C(N)Cc2ccccc2)cc2c(c1C)NC(=O)C2C. The first kappa shape index (κ1) is 14.8. The zero-order chi connectivity index (χ0) is 15.9. The molecule has 1 amide bonds. The van der Waals surface area contributed by atoms with Crippen LogP contribution in [0, 0.1) is 13.8 Å². The standard InChI is InChI=1S/C19H22N2O/c1-11-12(2)18-16(13(3)19(22)21-18)10-15(11)17(20)9-14-7-5-4-6-8-14/h4-8,10,13,17H,9,20H2,1-3H3,(H,21,22). The Bertz CT molecular complexity index is 722. The van der Waals surface area contributed by atoms with Crippen LogP contribution >= 0.6 is 0 Å². The Morgan fingerprint density at radius 2 is 1.86 bits per heavy atom. The van der Waals surface area contributed by atoms with Crippen molar-refractivity contribution in [3.05, 3.63) is 64.2 Å². The van der Waals surface area contributed by atoms with E-state index in [1.807, 2.05) is 25.1 Å². The van der Waals surface area contributed by atoms with Crippen molar-refractivity contribution < 1.29 is 4.79 Å². The molecule has 1 heterocycles. The van der Waals surface area contributed by atoms with Gasteiger partial charge in [0.2, 0.25) is 5.91 Å². The zero-order valence-electron chi connectivity index (χ0n) is 13.3. The maximum absolute atomic E-state index is 11.9. The maximum Gasteiger partial charge on any atom is 0.231 e. The molecule has 2 aromatic rings. The van der Waals surface area contributed by atoms with Crippen molar-refractivity contribution in [3.63, 3.8) is 0 Å². The van der Waals surface area contributed by atoms with E-state index in [9.17, 15) is 4.79 Å². The molecule has 0 bridgehead atoms. The van der Waals surface area contributed by atoms with Gasteiger partial charge in [0.25, 0.3) is 0 Å². The molecule has 0 aromatic heterocycles. The summed E-state index contributed by atoms with van der Waals surface area (Å²) in [5, 5.41) is 2.99. The first-order chi connectivity index (χ1) is 10.5. The highest BCUT2D eigenvalue weighted by Gasteiger charge is 2.30. The van der Waals surface area contributed by atoms with Crippen LogP contribution in [0.3, 0.4) is 0 Å². The van der Waals surface area contributed by atoms with Crippen molar-refractivity contribution in [3.8, 4) is 0 Å². The molecule has 3 rings (SSSR count). The molecule has 0 spiro atoms. The van der Waals surface area contributed by atoms with E-state index in [1.165, 1.54) is 11.1 Å². The molecule has 3 heteroatoms. The number of nitrogens with two attached hydrogens (primary N) is 1. The predicted octanol–water partition coefficient (Wildman–Crippen LogP) is 3.60. The molecule has 0 radical (unpaired) electrons. The first-order valence-corrected chi connectivity index (χ1v) is 7.73. The molecular formula is C19H22N2O. The summed E-state index contributed by atoms with van der Waals surface area (Å²) < 4.78 is 0. The summed E-state index contributed by atoms with van der Waals surface area (Å²) in [6, 6.07) is 12.3. The highest BCUT2D eigenvalue weighted by atomic mass is 16.2. The number of rotatable bonds is 3. The van der Waals surface area contributed by atoms with E-state index in [2.05, 4.69) is 37.4 Å². The molecule has 1 aliphatic rings. The average molecular weight is 294 g/mol. The number of nitrogens with one attached hydrogen (secondary N) is 1. The van der Waals surface area contributed by atoms with Crippen LogP contribution in [0.25, 0.3) is 0 Å². The number of hydrogen-bond donors (Lipinski definition) is 2. The summed E-state index contributed by atoms with van der Waals surface area (Å²) in [5.41, 5.74) is 13.2. The van der Waals surface area contributed by atoms with Crippen molar-refractivity contribution in [2.45, 2.75) is 39.2 Å². The maximum atomic E-state index is 11.9. The lowest BCUT2D eigenvalue weighted by molar-refractivity contribution is -0.116. The van der Waals surface area contributed by atoms with E-state index < -0.39 is 0 Å². The smallest absolute Gasteiger partial charge is 0.231 e. The van der Waals surface area contributed by atoms with Gasteiger partial charge in [-0.3, -0.25) is 4.79 Å². The highest BCUT2D eigenvalue weighted by Crippen LogP contribution is 2.39. The van der Waals surface area contributed by atoms with Crippen LogP contribution in [0.4, 0.5) is 5.69 Å². The monoisotopic (exact) mass is 294 g/mol. The number of anilines is 1. The van der Waals surface area contributed by atoms with Crippen LogP contribution < -0.4 is 11.1 Å². The van der Waals surface area contributed by atoms with Gasteiger partial charge in [-0.1, -0.05) is 36.4 Å². The van der Waals surface area contributed by atoms with Gasteiger partial charge in [-0.05, 0) is 55.0 Å². The molecule has 2 unspecified atom stereocenters. The number of amides is 1. The van der Waals surface area contributed by atoms with E-state index in [0.29, 0.717) is 0 Å². The Hall–Kier alpha value is -2.13. The van der Waals surface area contributed by atoms with Gasteiger partial charge in [0.1, 0.15) is 0 Å². The fourth-order valence-corrected chi connectivity index (χ4v) is 3.21. The third kappa shape index (κ3) is 2.42. The summed E-state index contributed by atoms with van der Waals surface area (Å²) in [4.78, 5) is 11.9. The Morgan fingerprint density at radius 3 is 2.55 bits per heavy atom. The summed E-state index contributed by atoms with van der Waals surface area (Å²) in [7, 11) is 0. The lowest BCUT2D eigenvalue weighted by Gasteiger charge is -2.19. The minimum Gasteiger partial charge on any atom is -0.325 e. The van der Waals surface area contributed by atoms with Gasteiger partial charge >= 0.3 is 0 Å². The van der Waals surface area contributed by atoms with E-state index in [0.717, 1.165) is 28.8 Å². The summed E-state index contributed by atoms with van der Waals surface area (Å²) in [6.07, 6.45) is 0.801. The zero-order valence-corrected chi connectivity index (χ0v) is 13.3. The molecule has 0 saturated heterocycles. The predicted molar refractivity (Wildman–Crippen MR) is 90.0 cm³/mol. The van der Waals surface area contributed by atoms with Crippen molar-refractivity contribution >= 4 is 11.6 Å². The normalized spacial score (nSPS) is 18.0. The van der Waals surface area contributed by atoms with Crippen LogP contribution in [-0.4, -0.2) is 5.91 Å². The van der Waals surface area contributed by atoms with Crippen molar-refractivity contribution in [1.29, 1.82) is 0 Å². The molecular weight excluding hydrogens is 272 g/mol. The van der Waals surface area contributed by atoms with Gasteiger partial charge in [0.15, 0.2) is 0 Å². The van der Waals surface area contributed by atoms with Gasteiger partial charge in [-0.15, -0.1) is 0 Å². The fraction of sp³-hybridized carbons (Fsp3) is 0.316. The van der Waals surface area contributed by atoms with Crippen molar-refractivity contribution in [1.82, 2.24) is 0 Å². The van der Waals surface area contributed by atoms with E-state index in [4.69, 9.17) is 5.73 Å². The molecule has 2 atom stereocenters. The quantitative estimate of drug-likeness (QED) is 0.908. The van der Waals surface area contributed by atoms with Crippen molar-refractivity contribution in [2.24, 2.45) is 5.73 Å². The molecule has 0 aliphatic carbocycles. The lowest BCUT2D eigenvalue weighted by Crippen LogP contribution is -2.16. The van der Waals surface area contributed by atoms with Crippen LogP contribution in [0.1, 0.15) is 46.7 Å². The van der Waals surface area contributed by atoms with Crippen LogP contribution in [0.5, 0.6) is 0 Å². The van der Waals surface area contributed by atoms with Gasteiger partial charge < -0.3 is 11.1 Å². The van der Waals surface area contributed by atoms with Crippen LogP contribution in [-0.2, 0) is 11.2 Å². The second-order valence-corrected chi connectivity index (χ2v) is 6.19. The highest BCUT2D eigenvalue weighted by molar-refractivity contribution is 6.03. The molecule has 2 aromatic carbocycles. The Kier molecular flexibility index (Phi) is 3.75. The molecule has 0 fully saturated rings. The molecule has 114 valence electrons. The molecule has 3 nitrogen and oxygen atoms in total. The first-order valence-electron chi connectivity index (χ1n) is 7.73. The third-order valence-electron chi connectivity index (χ3n) is 4.78. The van der Waals surface area contributed by atoms with Crippen LogP contribution in [0.15, 0.2) is 36.4 Å². The summed E-state index contributed by atoms with van der Waals surface area (Å²) >= 11 is 0. The van der Waals surface area contributed by atoms with Gasteiger partial charge in [0, 0.05) is 11.7 Å². The number of fused-ring (bicyclic) bond motifs is 1. The van der Waals surface area contributed by atoms with Gasteiger partial charge in [0.05, 0.1) is 5.92 Å².